The summed E-state index contributed by atoms with van der Waals surface area (Å²) in [5.74, 6) is -1.01. The second-order valence-corrected chi connectivity index (χ2v) is 4.86. The molecule has 1 aliphatic rings. The summed E-state index contributed by atoms with van der Waals surface area (Å²) in [5.41, 5.74) is 0.955. The second-order valence-electron chi connectivity index (χ2n) is 4.46. The minimum absolute atomic E-state index is 0.122. The zero-order chi connectivity index (χ0) is 13.1. The van der Waals surface area contributed by atoms with E-state index in [4.69, 9.17) is 21.4 Å². The van der Waals surface area contributed by atoms with Gasteiger partial charge in [-0.05, 0) is 37.5 Å². The van der Waals surface area contributed by atoms with Crippen LogP contribution in [-0.2, 0) is 4.74 Å². The Labute approximate surface area is 111 Å². The van der Waals surface area contributed by atoms with Crippen LogP contribution in [0.15, 0.2) is 18.2 Å². The third kappa shape index (κ3) is 2.76. The Balaban J connectivity index is 2.10. The number of methoxy groups -OCH3 is 1. The maximum absolute atomic E-state index is 10.9. The molecule has 2 unspecified atom stereocenters. The van der Waals surface area contributed by atoms with Crippen molar-refractivity contribution in [3.05, 3.63) is 28.8 Å². The molecule has 0 spiro atoms. The molecule has 98 valence electrons. The zero-order valence-electron chi connectivity index (χ0n) is 10.1. The van der Waals surface area contributed by atoms with Crippen molar-refractivity contribution in [3.63, 3.8) is 0 Å². The SMILES string of the molecule is COC1CCCC1Nc1ccc(C(=O)O)c(Cl)c1. The first-order valence-electron chi connectivity index (χ1n) is 5.94. The summed E-state index contributed by atoms with van der Waals surface area (Å²) in [5, 5.41) is 12.5. The van der Waals surface area contributed by atoms with E-state index in [-0.39, 0.29) is 22.7 Å². The average Bonchev–Trinajstić information content (AvgIpc) is 2.76. The number of carboxylic acids is 1. The van der Waals surface area contributed by atoms with Crippen LogP contribution >= 0.6 is 11.6 Å². The van der Waals surface area contributed by atoms with Crippen molar-refractivity contribution in [2.45, 2.75) is 31.4 Å². The number of carbonyl (C=O) groups is 1. The number of nitrogens with one attached hydrogen (secondary N) is 1. The first-order valence-corrected chi connectivity index (χ1v) is 6.32. The highest BCUT2D eigenvalue weighted by atomic mass is 35.5. The van der Waals surface area contributed by atoms with E-state index in [1.807, 2.05) is 0 Å². The molecule has 0 bridgehead atoms. The second kappa shape index (κ2) is 5.59. The van der Waals surface area contributed by atoms with Crippen LogP contribution in [0.4, 0.5) is 5.69 Å². The van der Waals surface area contributed by atoms with E-state index >= 15 is 0 Å². The Morgan fingerprint density at radius 1 is 1.50 bits per heavy atom. The molecule has 1 aromatic carbocycles. The van der Waals surface area contributed by atoms with Crippen LogP contribution in [0.3, 0.4) is 0 Å². The predicted molar refractivity (Wildman–Crippen MR) is 70.5 cm³/mol. The zero-order valence-corrected chi connectivity index (χ0v) is 10.9. The van der Waals surface area contributed by atoms with Gasteiger partial charge in [-0.2, -0.15) is 0 Å². The molecule has 18 heavy (non-hydrogen) atoms. The quantitative estimate of drug-likeness (QED) is 0.882. The Kier molecular flexibility index (Phi) is 4.09. The van der Waals surface area contributed by atoms with Crippen molar-refractivity contribution in [1.29, 1.82) is 0 Å². The molecule has 5 heteroatoms. The van der Waals surface area contributed by atoms with E-state index in [0.29, 0.717) is 0 Å². The molecule has 0 amide bonds. The highest BCUT2D eigenvalue weighted by Gasteiger charge is 2.26. The first-order chi connectivity index (χ1) is 8.61. The highest BCUT2D eigenvalue weighted by molar-refractivity contribution is 6.33. The first kappa shape index (κ1) is 13.2. The van der Waals surface area contributed by atoms with Crippen LogP contribution in [0.25, 0.3) is 0 Å². The van der Waals surface area contributed by atoms with Gasteiger partial charge in [-0.3, -0.25) is 0 Å². The molecule has 2 atom stereocenters. The van der Waals surface area contributed by atoms with Crippen LogP contribution in [0, 0.1) is 0 Å². The lowest BCUT2D eigenvalue weighted by Crippen LogP contribution is -2.29. The van der Waals surface area contributed by atoms with Gasteiger partial charge in [0.05, 0.1) is 22.7 Å². The molecule has 2 rings (SSSR count). The Hall–Kier alpha value is -1.26. The van der Waals surface area contributed by atoms with E-state index in [0.717, 1.165) is 24.9 Å². The summed E-state index contributed by atoms with van der Waals surface area (Å²) >= 11 is 5.93. The van der Waals surface area contributed by atoms with E-state index in [2.05, 4.69) is 5.32 Å². The summed E-state index contributed by atoms with van der Waals surface area (Å²) in [6.45, 7) is 0. The molecule has 0 aliphatic heterocycles. The Bertz CT molecular complexity index is 450. The third-order valence-corrected chi connectivity index (χ3v) is 3.62. The highest BCUT2D eigenvalue weighted by Crippen LogP contribution is 2.27. The molecule has 0 heterocycles. The minimum atomic E-state index is -1.01. The fraction of sp³-hybridized carbons (Fsp3) is 0.462. The molecule has 1 aromatic rings. The maximum Gasteiger partial charge on any atom is 0.337 e. The summed E-state index contributed by atoms with van der Waals surface area (Å²) < 4.78 is 5.40. The summed E-state index contributed by atoms with van der Waals surface area (Å²) in [6.07, 6.45) is 3.45. The Morgan fingerprint density at radius 3 is 2.89 bits per heavy atom. The number of aromatic carboxylic acids is 1. The van der Waals surface area contributed by atoms with Crippen molar-refractivity contribution in [1.82, 2.24) is 0 Å². The average molecular weight is 270 g/mol. The van der Waals surface area contributed by atoms with E-state index in [1.54, 1.807) is 19.2 Å². The molecule has 4 nitrogen and oxygen atoms in total. The largest absolute Gasteiger partial charge is 0.478 e. The van der Waals surface area contributed by atoms with Gasteiger partial charge in [-0.25, -0.2) is 4.79 Å². The molecule has 0 aromatic heterocycles. The van der Waals surface area contributed by atoms with Gasteiger partial charge in [0, 0.05) is 12.8 Å². The fourth-order valence-corrected chi connectivity index (χ4v) is 2.63. The number of anilines is 1. The van der Waals surface area contributed by atoms with Crippen LogP contribution in [-0.4, -0.2) is 30.3 Å². The number of ether oxygens (including phenoxy) is 1. The van der Waals surface area contributed by atoms with Gasteiger partial charge in [0.15, 0.2) is 0 Å². The van der Waals surface area contributed by atoms with Crippen molar-refractivity contribution < 1.29 is 14.6 Å². The maximum atomic E-state index is 10.9. The lowest BCUT2D eigenvalue weighted by molar-refractivity contribution is 0.0697. The number of hydrogen-bond acceptors (Lipinski definition) is 3. The van der Waals surface area contributed by atoms with E-state index in [9.17, 15) is 4.79 Å². The standard InChI is InChI=1S/C13H16ClNO3/c1-18-12-4-2-3-11(12)15-8-5-6-9(13(16)17)10(14)7-8/h5-7,11-12,15H,2-4H2,1H3,(H,16,17). The van der Waals surface area contributed by atoms with Gasteiger partial charge in [-0.1, -0.05) is 11.6 Å². The molecule has 1 saturated carbocycles. The predicted octanol–water partition coefficient (Wildman–Crippen LogP) is 3.02. The molecule has 2 N–H and O–H groups in total. The van der Waals surface area contributed by atoms with Crippen molar-refractivity contribution in [2.24, 2.45) is 0 Å². The third-order valence-electron chi connectivity index (χ3n) is 3.31. The van der Waals surface area contributed by atoms with Gasteiger partial charge in [0.25, 0.3) is 0 Å². The number of halogens is 1. The van der Waals surface area contributed by atoms with E-state index in [1.165, 1.54) is 6.07 Å². The van der Waals surface area contributed by atoms with Gasteiger partial charge < -0.3 is 15.2 Å². The van der Waals surface area contributed by atoms with Gasteiger partial charge in [-0.15, -0.1) is 0 Å². The molecular weight excluding hydrogens is 254 g/mol. The number of hydrogen-bond donors (Lipinski definition) is 2. The topological polar surface area (TPSA) is 58.6 Å². The molecule has 1 aliphatic carbocycles. The molecular formula is C13H16ClNO3. The van der Waals surface area contributed by atoms with Crippen molar-refractivity contribution >= 4 is 23.3 Å². The summed E-state index contributed by atoms with van der Waals surface area (Å²) in [7, 11) is 1.71. The van der Waals surface area contributed by atoms with Crippen molar-refractivity contribution in [3.8, 4) is 0 Å². The summed E-state index contributed by atoms with van der Waals surface area (Å²) in [4.78, 5) is 10.9. The van der Waals surface area contributed by atoms with Crippen LogP contribution in [0.2, 0.25) is 5.02 Å². The minimum Gasteiger partial charge on any atom is -0.478 e. The smallest absolute Gasteiger partial charge is 0.337 e. The number of carboxylic acid groups (broad SMARTS) is 1. The molecule has 1 fully saturated rings. The van der Waals surface area contributed by atoms with Crippen molar-refractivity contribution in [2.75, 3.05) is 12.4 Å². The van der Waals surface area contributed by atoms with Crippen LogP contribution < -0.4 is 5.32 Å². The lowest BCUT2D eigenvalue weighted by atomic mass is 10.1. The van der Waals surface area contributed by atoms with Crippen LogP contribution in [0.1, 0.15) is 29.6 Å². The Morgan fingerprint density at radius 2 is 2.28 bits per heavy atom. The number of rotatable bonds is 4. The normalized spacial score (nSPS) is 23.0. The molecule has 0 radical (unpaired) electrons. The van der Waals surface area contributed by atoms with Gasteiger partial charge in [0.1, 0.15) is 0 Å². The lowest BCUT2D eigenvalue weighted by Gasteiger charge is -2.21. The van der Waals surface area contributed by atoms with E-state index < -0.39 is 5.97 Å². The van der Waals surface area contributed by atoms with Crippen LogP contribution in [0.5, 0.6) is 0 Å². The number of benzene rings is 1. The van der Waals surface area contributed by atoms with Gasteiger partial charge >= 0.3 is 5.97 Å². The van der Waals surface area contributed by atoms with Gasteiger partial charge in [0.2, 0.25) is 0 Å². The monoisotopic (exact) mass is 269 g/mol. The fourth-order valence-electron chi connectivity index (χ4n) is 2.37. The summed E-state index contributed by atoms with van der Waals surface area (Å²) in [6, 6.07) is 5.17. The molecule has 0 saturated heterocycles.